The Morgan fingerprint density at radius 1 is 1.69 bits per heavy atom. The molecule has 1 heterocycles. The summed E-state index contributed by atoms with van der Waals surface area (Å²) in [6, 6.07) is -0.603. The monoisotopic (exact) mass is 227 g/mol. The molecule has 0 aliphatic rings. The molecule has 0 saturated carbocycles. The van der Waals surface area contributed by atoms with Crippen LogP contribution in [-0.2, 0) is 9.53 Å². The van der Waals surface area contributed by atoms with Crippen molar-refractivity contribution in [3.8, 4) is 0 Å². The fraction of sp³-hybridized carbons (Fsp3) is 0.556. The molecule has 0 saturated heterocycles. The highest BCUT2D eigenvalue weighted by molar-refractivity contribution is 5.74. The summed E-state index contributed by atoms with van der Waals surface area (Å²) in [5.74, 6) is -0.428. The van der Waals surface area contributed by atoms with E-state index in [2.05, 4.69) is 5.10 Å². The van der Waals surface area contributed by atoms with Crippen LogP contribution in [0.1, 0.15) is 26.3 Å². The molecule has 0 bridgehead atoms. The highest BCUT2D eigenvalue weighted by atomic mass is 16.6. The largest absolute Gasteiger partial charge is 0.464 e. The SMILES string of the molecule is CCOC(=O)C(CC)n1cc([N+](=O)[O-])cn1. The van der Waals surface area contributed by atoms with Crippen LogP contribution in [0.25, 0.3) is 0 Å². The van der Waals surface area contributed by atoms with Crippen LogP contribution in [0.4, 0.5) is 5.69 Å². The predicted molar refractivity (Wildman–Crippen MR) is 54.8 cm³/mol. The number of nitro groups is 1. The van der Waals surface area contributed by atoms with Crippen molar-refractivity contribution in [2.75, 3.05) is 6.61 Å². The molecule has 0 radical (unpaired) electrons. The van der Waals surface area contributed by atoms with Gasteiger partial charge in [-0.3, -0.25) is 14.8 Å². The van der Waals surface area contributed by atoms with Gasteiger partial charge in [-0.15, -0.1) is 0 Å². The third-order valence-corrected chi connectivity index (χ3v) is 2.06. The summed E-state index contributed by atoms with van der Waals surface area (Å²) in [4.78, 5) is 21.4. The molecule has 1 atom stereocenters. The van der Waals surface area contributed by atoms with E-state index >= 15 is 0 Å². The lowest BCUT2D eigenvalue weighted by molar-refractivity contribution is -0.385. The zero-order valence-corrected chi connectivity index (χ0v) is 9.12. The Hall–Kier alpha value is -1.92. The number of hydrogen-bond acceptors (Lipinski definition) is 5. The van der Waals surface area contributed by atoms with Crippen molar-refractivity contribution < 1.29 is 14.5 Å². The van der Waals surface area contributed by atoms with Gasteiger partial charge in [0.25, 0.3) is 0 Å². The topological polar surface area (TPSA) is 87.3 Å². The van der Waals surface area contributed by atoms with E-state index in [4.69, 9.17) is 4.74 Å². The van der Waals surface area contributed by atoms with Gasteiger partial charge in [0.1, 0.15) is 18.4 Å². The summed E-state index contributed by atoms with van der Waals surface area (Å²) >= 11 is 0. The molecule has 0 N–H and O–H groups in total. The van der Waals surface area contributed by atoms with Crippen molar-refractivity contribution in [3.05, 3.63) is 22.5 Å². The van der Waals surface area contributed by atoms with E-state index in [1.807, 2.05) is 0 Å². The van der Waals surface area contributed by atoms with E-state index in [0.717, 1.165) is 6.20 Å². The lowest BCUT2D eigenvalue weighted by Crippen LogP contribution is -2.21. The number of carbonyl (C=O) groups excluding carboxylic acids is 1. The summed E-state index contributed by atoms with van der Waals surface area (Å²) in [6.45, 7) is 3.77. The maximum atomic E-state index is 11.5. The van der Waals surface area contributed by atoms with Crippen LogP contribution in [0.2, 0.25) is 0 Å². The predicted octanol–water partition coefficient (Wildman–Crippen LogP) is 1.31. The second kappa shape index (κ2) is 5.24. The minimum atomic E-state index is -0.603. The van der Waals surface area contributed by atoms with Gasteiger partial charge in [-0.25, -0.2) is 4.79 Å². The van der Waals surface area contributed by atoms with Gasteiger partial charge in [0.2, 0.25) is 0 Å². The van der Waals surface area contributed by atoms with E-state index in [0.29, 0.717) is 6.42 Å². The molecule has 0 aromatic carbocycles. The third kappa shape index (κ3) is 2.56. The van der Waals surface area contributed by atoms with Crippen LogP contribution in [0.3, 0.4) is 0 Å². The van der Waals surface area contributed by atoms with Crippen molar-refractivity contribution in [1.29, 1.82) is 0 Å². The fourth-order valence-corrected chi connectivity index (χ4v) is 1.29. The number of carbonyl (C=O) groups is 1. The van der Waals surface area contributed by atoms with Crippen LogP contribution < -0.4 is 0 Å². The van der Waals surface area contributed by atoms with Gasteiger partial charge >= 0.3 is 11.7 Å². The standard InChI is InChI=1S/C9H13N3O4/c1-3-8(9(13)16-4-2)11-6-7(5-10-11)12(14)15/h5-6,8H,3-4H2,1-2H3. The van der Waals surface area contributed by atoms with Crippen molar-refractivity contribution in [2.45, 2.75) is 26.3 Å². The first-order valence-corrected chi connectivity index (χ1v) is 4.95. The average Bonchev–Trinajstić information content (AvgIpc) is 2.68. The molecule has 0 aliphatic carbocycles. The van der Waals surface area contributed by atoms with Crippen LogP contribution >= 0.6 is 0 Å². The second-order valence-corrected chi connectivity index (χ2v) is 3.11. The number of aromatic nitrogens is 2. The number of ether oxygens (including phenoxy) is 1. The molecule has 0 fully saturated rings. The van der Waals surface area contributed by atoms with E-state index in [9.17, 15) is 14.9 Å². The molecule has 0 amide bonds. The van der Waals surface area contributed by atoms with Crippen LogP contribution in [0.15, 0.2) is 12.4 Å². The highest BCUT2D eigenvalue weighted by Gasteiger charge is 2.22. The minimum absolute atomic E-state index is 0.136. The quantitative estimate of drug-likeness (QED) is 0.430. The summed E-state index contributed by atoms with van der Waals surface area (Å²) in [7, 11) is 0. The van der Waals surface area contributed by atoms with Crippen LogP contribution in [0, 0.1) is 10.1 Å². The zero-order chi connectivity index (χ0) is 12.1. The van der Waals surface area contributed by atoms with E-state index in [1.54, 1.807) is 13.8 Å². The van der Waals surface area contributed by atoms with Crippen molar-refractivity contribution >= 4 is 11.7 Å². The van der Waals surface area contributed by atoms with Gasteiger partial charge in [-0.2, -0.15) is 5.10 Å². The summed E-state index contributed by atoms with van der Waals surface area (Å²) in [6.07, 6.45) is 2.81. The van der Waals surface area contributed by atoms with Crippen LogP contribution in [-0.4, -0.2) is 27.3 Å². The lowest BCUT2D eigenvalue weighted by Gasteiger charge is -2.12. The smallest absolute Gasteiger partial charge is 0.330 e. The average molecular weight is 227 g/mol. The first kappa shape index (κ1) is 12.2. The van der Waals surface area contributed by atoms with Gasteiger partial charge in [-0.05, 0) is 13.3 Å². The molecule has 1 unspecified atom stereocenters. The molecule has 1 rings (SSSR count). The first-order valence-electron chi connectivity index (χ1n) is 4.95. The van der Waals surface area contributed by atoms with E-state index < -0.39 is 16.9 Å². The van der Waals surface area contributed by atoms with Gasteiger partial charge < -0.3 is 4.74 Å². The Kier molecular flexibility index (Phi) is 3.98. The van der Waals surface area contributed by atoms with E-state index in [-0.39, 0.29) is 12.3 Å². The Bertz CT molecular complexity index is 388. The lowest BCUT2D eigenvalue weighted by atomic mass is 10.2. The molecule has 1 aromatic heterocycles. The normalized spacial score (nSPS) is 12.1. The van der Waals surface area contributed by atoms with Gasteiger partial charge in [0.15, 0.2) is 0 Å². The number of hydrogen-bond donors (Lipinski definition) is 0. The number of esters is 1. The molecule has 88 valence electrons. The highest BCUT2D eigenvalue weighted by Crippen LogP contribution is 2.16. The van der Waals surface area contributed by atoms with Crippen molar-refractivity contribution in [1.82, 2.24) is 9.78 Å². The maximum absolute atomic E-state index is 11.5. The Labute approximate surface area is 92.2 Å². The van der Waals surface area contributed by atoms with Crippen LogP contribution in [0.5, 0.6) is 0 Å². The summed E-state index contributed by atoms with van der Waals surface area (Å²) in [5.41, 5.74) is -0.136. The number of rotatable bonds is 5. The molecule has 0 aliphatic heterocycles. The van der Waals surface area contributed by atoms with Gasteiger partial charge in [0, 0.05) is 0 Å². The van der Waals surface area contributed by atoms with Gasteiger partial charge in [-0.1, -0.05) is 6.92 Å². The number of nitrogens with zero attached hydrogens (tertiary/aromatic N) is 3. The Morgan fingerprint density at radius 3 is 2.81 bits per heavy atom. The van der Waals surface area contributed by atoms with Crippen molar-refractivity contribution in [3.63, 3.8) is 0 Å². The van der Waals surface area contributed by atoms with E-state index in [1.165, 1.54) is 10.9 Å². The van der Waals surface area contributed by atoms with Gasteiger partial charge in [0.05, 0.1) is 11.5 Å². The van der Waals surface area contributed by atoms with Crippen molar-refractivity contribution in [2.24, 2.45) is 0 Å². The fourth-order valence-electron chi connectivity index (χ4n) is 1.29. The summed E-state index contributed by atoms with van der Waals surface area (Å²) < 4.78 is 6.11. The molecule has 7 heteroatoms. The Morgan fingerprint density at radius 2 is 2.38 bits per heavy atom. The molecular weight excluding hydrogens is 214 g/mol. The first-order chi connectivity index (χ1) is 7.60. The molecule has 16 heavy (non-hydrogen) atoms. The third-order valence-electron chi connectivity index (χ3n) is 2.06. The Balaban J connectivity index is 2.86. The molecule has 1 aromatic rings. The molecular formula is C9H13N3O4. The minimum Gasteiger partial charge on any atom is -0.464 e. The molecule has 0 spiro atoms. The maximum Gasteiger partial charge on any atom is 0.330 e. The second-order valence-electron chi connectivity index (χ2n) is 3.11. The zero-order valence-electron chi connectivity index (χ0n) is 9.12. The summed E-state index contributed by atoms with van der Waals surface area (Å²) in [5, 5.41) is 14.2. The molecule has 7 nitrogen and oxygen atoms in total.